The normalized spacial score (nSPS) is 17.2. The second-order valence-corrected chi connectivity index (χ2v) is 6.04. The Hall–Kier alpha value is -2.89. The van der Waals surface area contributed by atoms with Gasteiger partial charge in [0, 0.05) is 12.7 Å². The third-order valence-electron chi connectivity index (χ3n) is 4.66. The number of halogens is 1. The van der Waals surface area contributed by atoms with Gasteiger partial charge in [-0.1, -0.05) is 6.07 Å². The number of hydrogen-bond donors (Lipinski definition) is 0. The third-order valence-corrected chi connectivity index (χ3v) is 4.66. The van der Waals surface area contributed by atoms with Crippen molar-refractivity contribution in [3.63, 3.8) is 0 Å². The molecule has 25 heavy (non-hydrogen) atoms. The molecule has 1 amide bonds. The highest BCUT2D eigenvalue weighted by molar-refractivity contribution is 6.04. The molecule has 3 aromatic rings. The van der Waals surface area contributed by atoms with Crippen LogP contribution >= 0.6 is 0 Å². The van der Waals surface area contributed by atoms with Crippen LogP contribution < -0.4 is 4.74 Å². The molecule has 1 atom stereocenters. The molecule has 6 heteroatoms. The van der Waals surface area contributed by atoms with E-state index in [4.69, 9.17) is 9.15 Å². The first-order chi connectivity index (χ1) is 12.2. The van der Waals surface area contributed by atoms with Gasteiger partial charge in [0.25, 0.3) is 5.91 Å². The first-order valence-electron chi connectivity index (χ1n) is 8.15. The average molecular weight is 340 g/mol. The molecule has 0 spiro atoms. The number of amides is 1. The number of ether oxygens (including phenoxy) is 1. The Morgan fingerprint density at radius 3 is 3.04 bits per heavy atom. The van der Waals surface area contributed by atoms with Crippen molar-refractivity contribution in [2.24, 2.45) is 0 Å². The van der Waals surface area contributed by atoms with Crippen molar-refractivity contribution < 1.29 is 18.3 Å². The molecular weight excluding hydrogens is 323 g/mol. The predicted octanol–water partition coefficient (Wildman–Crippen LogP) is 3.95. The van der Waals surface area contributed by atoms with E-state index in [1.807, 2.05) is 6.07 Å². The topological polar surface area (TPSA) is 55.6 Å². The van der Waals surface area contributed by atoms with Gasteiger partial charge in [0.1, 0.15) is 11.3 Å². The molecule has 2 aromatic heterocycles. The van der Waals surface area contributed by atoms with Crippen molar-refractivity contribution in [3.8, 4) is 5.75 Å². The van der Waals surface area contributed by atoms with E-state index in [9.17, 15) is 9.18 Å². The molecule has 0 aliphatic carbocycles. The van der Waals surface area contributed by atoms with Gasteiger partial charge in [0.2, 0.25) is 0 Å². The van der Waals surface area contributed by atoms with Gasteiger partial charge in [-0.3, -0.25) is 9.78 Å². The number of furan rings is 1. The maximum atomic E-state index is 14.1. The van der Waals surface area contributed by atoms with Gasteiger partial charge in [-0.15, -0.1) is 0 Å². The zero-order valence-electron chi connectivity index (χ0n) is 13.7. The number of fused-ring (bicyclic) bond motifs is 1. The highest BCUT2D eigenvalue weighted by Gasteiger charge is 2.32. The lowest BCUT2D eigenvalue weighted by atomic mass is 10.0. The van der Waals surface area contributed by atoms with Crippen LogP contribution in [0.2, 0.25) is 0 Å². The van der Waals surface area contributed by atoms with Gasteiger partial charge in [0.05, 0.1) is 24.8 Å². The lowest BCUT2D eigenvalue weighted by molar-refractivity contribution is 0.0731. The zero-order chi connectivity index (χ0) is 17.4. The summed E-state index contributed by atoms with van der Waals surface area (Å²) < 4.78 is 24.4. The van der Waals surface area contributed by atoms with Crippen LogP contribution in [-0.2, 0) is 0 Å². The Balaban J connectivity index is 1.68. The van der Waals surface area contributed by atoms with E-state index < -0.39 is 5.82 Å². The minimum absolute atomic E-state index is 0.161. The van der Waals surface area contributed by atoms with Crippen LogP contribution in [0.5, 0.6) is 5.75 Å². The molecule has 0 bridgehead atoms. The number of likely N-dealkylation sites (tertiary alicyclic amines) is 1. The highest BCUT2D eigenvalue weighted by Crippen LogP contribution is 2.35. The zero-order valence-corrected chi connectivity index (χ0v) is 13.7. The van der Waals surface area contributed by atoms with Crippen LogP contribution in [0, 0.1) is 5.82 Å². The van der Waals surface area contributed by atoms with Gasteiger partial charge in [-0.25, -0.2) is 4.39 Å². The summed E-state index contributed by atoms with van der Waals surface area (Å²) >= 11 is 0. The van der Waals surface area contributed by atoms with Crippen LogP contribution in [-0.4, -0.2) is 29.4 Å². The van der Waals surface area contributed by atoms with E-state index in [0.29, 0.717) is 23.2 Å². The number of hydrogen-bond acceptors (Lipinski definition) is 4. The number of methoxy groups -OCH3 is 1. The Kier molecular flexibility index (Phi) is 3.87. The van der Waals surface area contributed by atoms with Crippen molar-refractivity contribution in [2.75, 3.05) is 13.7 Å². The molecule has 1 aromatic carbocycles. The third kappa shape index (κ3) is 2.63. The smallest absolute Gasteiger partial charge is 0.273 e. The molecule has 1 aliphatic rings. The van der Waals surface area contributed by atoms with Gasteiger partial charge < -0.3 is 14.1 Å². The molecule has 1 fully saturated rings. The van der Waals surface area contributed by atoms with E-state index in [-0.39, 0.29) is 17.7 Å². The first-order valence-corrected chi connectivity index (χ1v) is 8.15. The average Bonchev–Trinajstić information content (AvgIpc) is 3.29. The van der Waals surface area contributed by atoms with Crippen molar-refractivity contribution in [1.82, 2.24) is 9.88 Å². The number of carbonyl (C=O) groups is 1. The second kappa shape index (κ2) is 6.20. The lowest BCUT2D eigenvalue weighted by Gasteiger charge is -2.25. The summed E-state index contributed by atoms with van der Waals surface area (Å²) in [5, 5.41) is 0.694. The van der Waals surface area contributed by atoms with Crippen LogP contribution in [0.15, 0.2) is 47.2 Å². The summed E-state index contributed by atoms with van der Waals surface area (Å²) in [7, 11) is 1.43. The molecule has 1 aliphatic heterocycles. The van der Waals surface area contributed by atoms with E-state index in [0.717, 1.165) is 18.4 Å². The SMILES string of the molecule is COc1ccc(C2CCCN2C(=O)c2nccc3occc23)cc1F. The molecule has 1 saturated heterocycles. The number of pyridine rings is 1. The Labute approximate surface area is 144 Å². The Morgan fingerprint density at radius 1 is 1.36 bits per heavy atom. The number of rotatable bonds is 3. The summed E-state index contributed by atoms with van der Waals surface area (Å²) in [5.41, 5.74) is 1.76. The van der Waals surface area contributed by atoms with Gasteiger partial charge in [0.15, 0.2) is 11.6 Å². The molecule has 1 unspecified atom stereocenters. The molecule has 0 radical (unpaired) electrons. The quantitative estimate of drug-likeness (QED) is 0.724. The van der Waals surface area contributed by atoms with Gasteiger partial charge >= 0.3 is 0 Å². The molecule has 3 heterocycles. The number of benzene rings is 1. The highest BCUT2D eigenvalue weighted by atomic mass is 19.1. The van der Waals surface area contributed by atoms with Crippen molar-refractivity contribution in [3.05, 3.63) is 59.9 Å². The van der Waals surface area contributed by atoms with Crippen molar-refractivity contribution >= 4 is 16.9 Å². The molecule has 128 valence electrons. The predicted molar refractivity (Wildman–Crippen MR) is 90.0 cm³/mol. The first kappa shape index (κ1) is 15.6. The fourth-order valence-electron chi connectivity index (χ4n) is 3.45. The van der Waals surface area contributed by atoms with E-state index in [1.54, 1.807) is 35.6 Å². The molecule has 5 nitrogen and oxygen atoms in total. The summed E-state index contributed by atoms with van der Waals surface area (Å²) in [6.07, 6.45) is 4.77. The maximum Gasteiger partial charge on any atom is 0.273 e. The maximum absolute atomic E-state index is 14.1. The lowest BCUT2D eigenvalue weighted by Crippen LogP contribution is -2.31. The Bertz CT molecular complexity index is 937. The summed E-state index contributed by atoms with van der Waals surface area (Å²) in [6.45, 7) is 0.618. The van der Waals surface area contributed by atoms with Crippen LogP contribution in [0.4, 0.5) is 4.39 Å². The fraction of sp³-hybridized carbons (Fsp3) is 0.263. The van der Waals surface area contributed by atoms with Crippen molar-refractivity contribution in [1.29, 1.82) is 0 Å². The standard InChI is InChI=1S/C19H17FN2O3/c1-24-17-5-4-12(11-14(17)20)15-3-2-9-22(15)19(23)18-13-7-10-25-16(13)6-8-21-18/h4-8,10-11,15H,2-3,9H2,1H3. The van der Waals surface area contributed by atoms with Crippen molar-refractivity contribution in [2.45, 2.75) is 18.9 Å². The second-order valence-electron chi connectivity index (χ2n) is 6.04. The Morgan fingerprint density at radius 2 is 2.24 bits per heavy atom. The minimum atomic E-state index is -0.422. The van der Waals surface area contributed by atoms with E-state index >= 15 is 0 Å². The number of aromatic nitrogens is 1. The van der Waals surface area contributed by atoms with Crippen LogP contribution in [0.1, 0.15) is 34.9 Å². The van der Waals surface area contributed by atoms with Gasteiger partial charge in [-0.05, 0) is 42.7 Å². The molecule has 4 rings (SSSR count). The van der Waals surface area contributed by atoms with Crippen LogP contribution in [0.3, 0.4) is 0 Å². The minimum Gasteiger partial charge on any atom is -0.494 e. The van der Waals surface area contributed by atoms with E-state index in [1.165, 1.54) is 13.2 Å². The summed E-state index contributed by atoms with van der Waals surface area (Å²) in [4.78, 5) is 19.1. The summed E-state index contributed by atoms with van der Waals surface area (Å²) in [6, 6.07) is 8.16. The number of nitrogens with zero attached hydrogens (tertiary/aromatic N) is 2. The molecular formula is C19H17FN2O3. The van der Waals surface area contributed by atoms with Crippen LogP contribution in [0.25, 0.3) is 11.0 Å². The monoisotopic (exact) mass is 340 g/mol. The number of carbonyl (C=O) groups excluding carboxylic acids is 1. The van der Waals surface area contributed by atoms with Gasteiger partial charge in [-0.2, -0.15) is 0 Å². The molecule has 0 N–H and O–H groups in total. The molecule has 0 saturated carbocycles. The van der Waals surface area contributed by atoms with E-state index in [2.05, 4.69) is 4.98 Å². The summed E-state index contributed by atoms with van der Waals surface area (Å²) in [5.74, 6) is -0.385. The fourth-order valence-corrected chi connectivity index (χ4v) is 3.45. The largest absolute Gasteiger partial charge is 0.494 e.